The Labute approximate surface area is 152 Å². The van der Waals surface area contributed by atoms with Gasteiger partial charge in [-0.05, 0) is 36.3 Å². The molecule has 0 spiro atoms. The maximum Gasteiger partial charge on any atom is 0.227 e. The first kappa shape index (κ1) is 17.0. The smallest absolute Gasteiger partial charge is 0.227 e. The molecule has 1 aliphatic heterocycles. The van der Waals surface area contributed by atoms with E-state index in [9.17, 15) is 9.90 Å². The van der Waals surface area contributed by atoms with Crippen molar-refractivity contribution >= 4 is 5.91 Å². The van der Waals surface area contributed by atoms with Gasteiger partial charge < -0.3 is 10.0 Å². The molecule has 1 saturated carbocycles. The second-order valence-corrected chi connectivity index (χ2v) is 7.87. The number of hydrogen-bond acceptors (Lipinski definition) is 5. The molecule has 0 radical (unpaired) electrons. The number of nitrogens with zero attached hydrogens (tertiary/aromatic N) is 4. The van der Waals surface area contributed by atoms with E-state index in [1.54, 1.807) is 12.3 Å². The molecule has 1 amide bonds. The van der Waals surface area contributed by atoms with E-state index >= 15 is 0 Å². The summed E-state index contributed by atoms with van der Waals surface area (Å²) < 4.78 is 0. The first-order valence-corrected chi connectivity index (χ1v) is 9.34. The van der Waals surface area contributed by atoms with E-state index in [0.29, 0.717) is 18.4 Å². The van der Waals surface area contributed by atoms with E-state index in [1.165, 1.54) is 19.0 Å². The average Bonchev–Trinajstić information content (AvgIpc) is 3.16. The van der Waals surface area contributed by atoms with Crippen molar-refractivity contribution in [3.05, 3.63) is 35.7 Å². The van der Waals surface area contributed by atoms with Crippen molar-refractivity contribution in [2.75, 3.05) is 13.1 Å². The van der Waals surface area contributed by atoms with Crippen molar-refractivity contribution in [1.82, 2.24) is 25.1 Å². The third kappa shape index (κ3) is 3.43. The predicted molar refractivity (Wildman–Crippen MR) is 95.6 cm³/mol. The van der Waals surface area contributed by atoms with Crippen LogP contribution in [0.5, 0.6) is 5.75 Å². The number of hydrogen-bond donors (Lipinski definition) is 2. The molecule has 2 N–H and O–H groups in total. The molecule has 2 aromatic heterocycles. The van der Waals surface area contributed by atoms with E-state index in [0.717, 1.165) is 23.8 Å². The fraction of sp³-hybridized carbons (Fsp3) is 0.579. The molecule has 0 unspecified atom stereocenters. The minimum absolute atomic E-state index is 0.0779. The Morgan fingerprint density at radius 3 is 2.81 bits per heavy atom. The number of aromatic amines is 1. The summed E-state index contributed by atoms with van der Waals surface area (Å²) in [6.07, 6.45) is 5.75. The molecular formula is C19H25N5O2. The van der Waals surface area contributed by atoms with Crippen LogP contribution < -0.4 is 0 Å². The number of pyridine rings is 1. The summed E-state index contributed by atoms with van der Waals surface area (Å²) in [5.41, 5.74) is 0.739. The summed E-state index contributed by atoms with van der Waals surface area (Å²) in [6.45, 7) is 5.62. The van der Waals surface area contributed by atoms with Crippen LogP contribution in [0, 0.1) is 11.8 Å². The molecule has 2 fully saturated rings. The van der Waals surface area contributed by atoms with Crippen LogP contribution in [0.3, 0.4) is 0 Å². The van der Waals surface area contributed by atoms with Crippen LogP contribution in [0.1, 0.15) is 55.7 Å². The minimum atomic E-state index is 0.0779. The molecular weight excluding hydrogens is 330 g/mol. The van der Waals surface area contributed by atoms with E-state index in [2.05, 4.69) is 29.0 Å². The molecule has 0 bridgehead atoms. The Balaban J connectivity index is 1.49. The summed E-state index contributed by atoms with van der Waals surface area (Å²) in [5, 5.41) is 17.0. The van der Waals surface area contributed by atoms with Crippen LogP contribution in [0.25, 0.3) is 0 Å². The van der Waals surface area contributed by atoms with Crippen LogP contribution in [0.4, 0.5) is 0 Å². The zero-order valence-corrected chi connectivity index (χ0v) is 15.2. The molecule has 2 atom stereocenters. The quantitative estimate of drug-likeness (QED) is 0.857. The SMILES string of the molecule is CC(C)c1n[nH]c([C@H]2CN(C(=O)Cc3cncc(O)c3)C[C@@H]2C2CC2)n1. The van der Waals surface area contributed by atoms with Gasteiger partial charge in [-0.2, -0.15) is 5.10 Å². The van der Waals surface area contributed by atoms with Gasteiger partial charge >= 0.3 is 0 Å². The second-order valence-electron chi connectivity index (χ2n) is 7.87. The average molecular weight is 355 g/mol. The standard InChI is InChI=1S/C19H25N5O2/c1-11(2)18-21-19(23-22-18)16-10-24(9-15(16)13-3-4-13)17(26)6-12-5-14(25)8-20-7-12/h5,7-8,11,13,15-16,25H,3-4,6,9-10H2,1-2H3,(H,21,22,23)/t15-,16+/m1/s1. The summed E-state index contributed by atoms with van der Waals surface area (Å²) in [7, 11) is 0. The van der Waals surface area contributed by atoms with Gasteiger partial charge in [-0.25, -0.2) is 4.98 Å². The number of aromatic nitrogens is 4. The molecule has 4 rings (SSSR count). The third-order valence-corrected chi connectivity index (χ3v) is 5.47. The first-order chi connectivity index (χ1) is 12.5. The van der Waals surface area contributed by atoms with Crippen molar-refractivity contribution in [2.45, 2.75) is 44.9 Å². The highest BCUT2D eigenvalue weighted by atomic mass is 16.3. The molecule has 1 aliphatic carbocycles. The summed E-state index contributed by atoms with van der Waals surface area (Å²) >= 11 is 0. The van der Waals surface area contributed by atoms with Gasteiger partial charge in [0.1, 0.15) is 11.6 Å². The second kappa shape index (κ2) is 6.70. The maximum absolute atomic E-state index is 12.8. The monoisotopic (exact) mass is 355 g/mol. The van der Waals surface area contributed by atoms with Gasteiger partial charge in [0.15, 0.2) is 5.82 Å². The number of carbonyl (C=O) groups is 1. The highest BCUT2D eigenvalue weighted by Gasteiger charge is 2.45. The van der Waals surface area contributed by atoms with E-state index in [-0.39, 0.29) is 29.9 Å². The lowest BCUT2D eigenvalue weighted by Crippen LogP contribution is -2.30. The highest BCUT2D eigenvalue weighted by molar-refractivity contribution is 5.79. The lowest BCUT2D eigenvalue weighted by Gasteiger charge is -2.16. The fourth-order valence-electron chi connectivity index (χ4n) is 3.89. The van der Waals surface area contributed by atoms with Gasteiger partial charge in [0.2, 0.25) is 5.91 Å². The van der Waals surface area contributed by atoms with E-state index in [4.69, 9.17) is 4.98 Å². The number of nitrogens with one attached hydrogen (secondary N) is 1. The van der Waals surface area contributed by atoms with Crippen LogP contribution >= 0.6 is 0 Å². The minimum Gasteiger partial charge on any atom is -0.506 e. The lowest BCUT2D eigenvalue weighted by atomic mass is 9.91. The normalized spacial score (nSPS) is 23.0. The van der Waals surface area contributed by atoms with Crippen molar-refractivity contribution in [2.24, 2.45) is 11.8 Å². The maximum atomic E-state index is 12.8. The van der Waals surface area contributed by atoms with Gasteiger partial charge in [0.05, 0.1) is 12.6 Å². The number of H-pyrrole nitrogens is 1. The Morgan fingerprint density at radius 2 is 2.15 bits per heavy atom. The molecule has 26 heavy (non-hydrogen) atoms. The van der Waals surface area contributed by atoms with E-state index in [1.807, 2.05) is 4.90 Å². The summed E-state index contributed by atoms with van der Waals surface area (Å²) in [6, 6.07) is 1.60. The van der Waals surface area contributed by atoms with Crippen LogP contribution in [0.15, 0.2) is 18.5 Å². The molecule has 3 heterocycles. The van der Waals surface area contributed by atoms with Gasteiger partial charge in [-0.1, -0.05) is 13.8 Å². The number of amides is 1. The Hall–Kier alpha value is -2.44. The molecule has 138 valence electrons. The van der Waals surface area contributed by atoms with Crippen molar-refractivity contribution in [3.63, 3.8) is 0 Å². The zero-order valence-electron chi connectivity index (χ0n) is 15.2. The van der Waals surface area contributed by atoms with E-state index < -0.39 is 0 Å². The number of aromatic hydroxyl groups is 1. The van der Waals surface area contributed by atoms with Crippen LogP contribution in [0.2, 0.25) is 0 Å². The van der Waals surface area contributed by atoms with Gasteiger partial charge in [0.25, 0.3) is 0 Å². The van der Waals surface area contributed by atoms with Gasteiger partial charge in [0, 0.05) is 31.1 Å². The number of carbonyl (C=O) groups excluding carboxylic acids is 1. The predicted octanol–water partition coefficient (Wildman–Crippen LogP) is 2.22. The fourth-order valence-corrected chi connectivity index (χ4v) is 3.89. The van der Waals surface area contributed by atoms with Crippen molar-refractivity contribution < 1.29 is 9.90 Å². The Kier molecular flexibility index (Phi) is 4.38. The van der Waals surface area contributed by atoms with Gasteiger partial charge in [-0.15, -0.1) is 0 Å². The summed E-state index contributed by atoms with van der Waals surface area (Å²) in [5.74, 6) is 3.58. The largest absolute Gasteiger partial charge is 0.506 e. The third-order valence-electron chi connectivity index (χ3n) is 5.47. The number of likely N-dealkylation sites (tertiary alicyclic amines) is 1. The molecule has 7 nitrogen and oxygen atoms in total. The summed E-state index contributed by atoms with van der Waals surface area (Å²) in [4.78, 5) is 23.4. The van der Waals surface area contributed by atoms with Crippen LogP contribution in [-0.4, -0.2) is 49.2 Å². The molecule has 1 saturated heterocycles. The lowest BCUT2D eigenvalue weighted by molar-refractivity contribution is -0.129. The Morgan fingerprint density at radius 1 is 1.35 bits per heavy atom. The molecule has 0 aromatic carbocycles. The molecule has 2 aromatic rings. The van der Waals surface area contributed by atoms with Crippen LogP contribution in [-0.2, 0) is 11.2 Å². The van der Waals surface area contributed by atoms with Crippen molar-refractivity contribution in [3.8, 4) is 5.75 Å². The topological polar surface area (TPSA) is 95.0 Å². The molecule has 2 aliphatic rings. The number of rotatable bonds is 5. The van der Waals surface area contributed by atoms with Gasteiger partial charge in [-0.3, -0.25) is 14.9 Å². The Bertz CT molecular complexity index is 799. The zero-order chi connectivity index (χ0) is 18.3. The highest BCUT2D eigenvalue weighted by Crippen LogP contribution is 2.47. The molecule has 7 heteroatoms. The van der Waals surface area contributed by atoms with Crippen molar-refractivity contribution in [1.29, 1.82) is 0 Å². The first-order valence-electron chi connectivity index (χ1n) is 9.34.